The van der Waals surface area contributed by atoms with Crippen LogP contribution >= 0.6 is 23.2 Å². The third-order valence-electron chi connectivity index (χ3n) is 3.68. The van der Waals surface area contributed by atoms with Crippen molar-refractivity contribution in [3.05, 3.63) is 63.6 Å². The summed E-state index contributed by atoms with van der Waals surface area (Å²) in [5.41, 5.74) is 9.65. The van der Waals surface area contributed by atoms with Crippen molar-refractivity contribution in [2.24, 2.45) is 5.73 Å². The molecule has 0 aliphatic carbocycles. The number of nitrogens with zero attached hydrogens (tertiary/aromatic N) is 1. The second-order valence-corrected chi connectivity index (χ2v) is 6.03. The maximum atomic E-state index is 6.26. The van der Waals surface area contributed by atoms with Crippen LogP contribution in [-0.4, -0.2) is 13.6 Å². The van der Waals surface area contributed by atoms with Crippen LogP contribution in [0.1, 0.15) is 23.6 Å². The fourth-order valence-electron chi connectivity index (χ4n) is 2.41. The van der Waals surface area contributed by atoms with Crippen molar-refractivity contribution in [2.45, 2.75) is 19.4 Å². The number of rotatable bonds is 5. The molecule has 0 spiro atoms. The Kier molecular flexibility index (Phi) is 5.51. The van der Waals surface area contributed by atoms with Crippen LogP contribution in [0.5, 0.6) is 0 Å². The molecule has 4 heteroatoms. The van der Waals surface area contributed by atoms with Gasteiger partial charge in [-0.3, -0.25) is 0 Å². The van der Waals surface area contributed by atoms with Crippen molar-refractivity contribution >= 4 is 28.9 Å². The van der Waals surface area contributed by atoms with Gasteiger partial charge in [0.1, 0.15) is 0 Å². The van der Waals surface area contributed by atoms with E-state index in [2.05, 4.69) is 31.0 Å². The quantitative estimate of drug-likeness (QED) is 0.854. The topological polar surface area (TPSA) is 29.3 Å². The van der Waals surface area contributed by atoms with Gasteiger partial charge in [0.15, 0.2) is 0 Å². The van der Waals surface area contributed by atoms with E-state index in [1.54, 1.807) is 6.07 Å². The third kappa shape index (κ3) is 3.91. The number of hydrogen-bond donors (Lipinski definition) is 1. The minimum Gasteiger partial charge on any atom is -0.374 e. The van der Waals surface area contributed by atoms with Crippen molar-refractivity contribution in [2.75, 3.05) is 18.5 Å². The van der Waals surface area contributed by atoms with Gasteiger partial charge in [-0.15, -0.1) is 0 Å². The summed E-state index contributed by atoms with van der Waals surface area (Å²) in [7, 11) is 2.08. The molecule has 0 aliphatic rings. The van der Waals surface area contributed by atoms with Gasteiger partial charge in [-0.1, -0.05) is 53.5 Å². The molecule has 0 amide bonds. The summed E-state index contributed by atoms with van der Waals surface area (Å²) >= 11 is 12.3. The Morgan fingerprint density at radius 1 is 1.10 bits per heavy atom. The monoisotopic (exact) mass is 322 g/mol. The molecule has 0 heterocycles. The molecule has 2 rings (SSSR count). The molecule has 0 aliphatic heterocycles. The predicted molar refractivity (Wildman–Crippen MR) is 92.5 cm³/mol. The Morgan fingerprint density at radius 2 is 1.81 bits per heavy atom. The molecule has 2 N–H and O–H groups in total. The second-order valence-electron chi connectivity index (χ2n) is 5.25. The van der Waals surface area contributed by atoms with Gasteiger partial charge in [-0.2, -0.15) is 0 Å². The number of halogens is 2. The molecule has 2 aromatic rings. The summed E-state index contributed by atoms with van der Waals surface area (Å²) < 4.78 is 0. The summed E-state index contributed by atoms with van der Waals surface area (Å²) in [4.78, 5) is 2.22. The molecule has 0 radical (unpaired) electrons. The van der Waals surface area contributed by atoms with E-state index in [1.165, 1.54) is 11.3 Å². The lowest BCUT2D eigenvalue weighted by Gasteiger charge is -2.23. The maximum absolute atomic E-state index is 6.26. The van der Waals surface area contributed by atoms with Crippen LogP contribution in [0.4, 0.5) is 5.69 Å². The highest BCUT2D eigenvalue weighted by Gasteiger charge is 2.13. The SMILES string of the molecule is Cc1ccccc1N(C)CCC(N)c1cccc(Cl)c1Cl. The Morgan fingerprint density at radius 3 is 2.52 bits per heavy atom. The van der Waals surface area contributed by atoms with E-state index in [-0.39, 0.29) is 6.04 Å². The first-order valence-electron chi connectivity index (χ1n) is 6.97. The summed E-state index contributed by atoms with van der Waals surface area (Å²) in [6.45, 7) is 2.97. The summed E-state index contributed by atoms with van der Waals surface area (Å²) in [6, 6.07) is 13.8. The minimum absolute atomic E-state index is 0.123. The molecule has 2 aromatic carbocycles. The average molecular weight is 323 g/mol. The van der Waals surface area contributed by atoms with Crippen LogP contribution in [0.15, 0.2) is 42.5 Å². The van der Waals surface area contributed by atoms with E-state index in [9.17, 15) is 0 Å². The van der Waals surface area contributed by atoms with Crippen LogP contribution in [0.25, 0.3) is 0 Å². The van der Waals surface area contributed by atoms with Gasteiger partial charge in [0.2, 0.25) is 0 Å². The first kappa shape index (κ1) is 16.2. The standard InChI is InChI=1S/C17H20Cl2N2/c1-12-6-3-4-9-16(12)21(2)11-10-15(20)13-7-5-8-14(18)17(13)19/h3-9,15H,10-11,20H2,1-2H3. The lowest BCUT2D eigenvalue weighted by atomic mass is 10.0. The average Bonchev–Trinajstić information content (AvgIpc) is 2.47. The van der Waals surface area contributed by atoms with Gasteiger partial charge in [0, 0.05) is 25.3 Å². The molecule has 0 bridgehead atoms. The highest BCUT2D eigenvalue weighted by molar-refractivity contribution is 6.42. The van der Waals surface area contributed by atoms with E-state index in [0.717, 1.165) is 18.5 Å². The Bertz CT molecular complexity index is 613. The zero-order chi connectivity index (χ0) is 15.4. The lowest BCUT2D eigenvalue weighted by molar-refractivity contribution is 0.645. The zero-order valence-corrected chi connectivity index (χ0v) is 13.8. The second kappa shape index (κ2) is 7.17. The van der Waals surface area contributed by atoms with Crippen LogP contribution < -0.4 is 10.6 Å². The number of nitrogens with two attached hydrogens (primary N) is 1. The summed E-state index contributed by atoms with van der Waals surface area (Å²) in [5.74, 6) is 0. The number of aryl methyl sites for hydroxylation is 1. The normalized spacial score (nSPS) is 12.2. The molecular weight excluding hydrogens is 303 g/mol. The number of anilines is 1. The molecule has 0 saturated heterocycles. The molecule has 0 saturated carbocycles. The zero-order valence-electron chi connectivity index (χ0n) is 12.3. The number of benzene rings is 2. The largest absolute Gasteiger partial charge is 0.374 e. The highest BCUT2D eigenvalue weighted by atomic mass is 35.5. The van der Waals surface area contributed by atoms with Crippen LogP contribution in [0, 0.1) is 6.92 Å². The smallest absolute Gasteiger partial charge is 0.0640 e. The fourth-order valence-corrected chi connectivity index (χ4v) is 2.86. The van der Waals surface area contributed by atoms with Gasteiger partial charge in [-0.05, 0) is 36.6 Å². The molecule has 0 aromatic heterocycles. The Labute approximate surface area is 136 Å². The van der Waals surface area contributed by atoms with Crippen LogP contribution in [0.3, 0.4) is 0 Å². The summed E-state index contributed by atoms with van der Waals surface area (Å²) in [6.07, 6.45) is 0.810. The van der Waals surface area contributed by atoms with E-state index in [1.807, 2.05) is 24.3 Å². The van der Waals surface area contributed by atoms with Crippen molar-refractivity contribution in [3.8, 4) is 0 Å². The minimum atomic E-state index is -0.123. The molecule has 21 heavy (non-hydrogen) atoms. The van der Waals surface area contributed by atoms with E-state index < -0.39 is 0 Å². The number of para-hydroxylation sites is 1. The van der Waals surface area contributed by atoms with Crippen molar-refractivity contribution in [3.63, 3.8) is 0 Å². The van der Waals surface area contributed by atoms with Gasteiger partial charge in [0.25, 0.3) is 0 Å². The van der Waals surface area contributed by atoms with Crippen LogP contribution in [0.2, 0.25) is 10.0 Å². The number of hydrogen-bond acceptors (Lipinski definition) is 2. The Hall–Kier alpha value is -1.22. The molecule has 2 nitrogen and oxygen atoms in total. The Balaban J connectivity index is 2.03. The fraction of sp³-hybridized carbons (Fsp3) is 0.294. The van der Waals surface area contributed by atoms with E-state index in [0.29, 0.717) is 10.0 Å². The maximum Gasteiger partial charge on any atom is 0.0640 e. The van der Waals surface area contributed by atoms with Crippen molar-refractivity contribution in [1.29, 1.82) is 0 Å². The molecule has 1 atom stereocenters. The van der Waals surface area contributed by atoms with E-state index in [4.69, 9.17) is 28.9 Å². The first-order chi connectivity index (χ1) is 10.0. The van der Waals surface area contributed by atoms with Gasteiger partial charge in [0.05, 0.1) is 10.0 Å². The molecule has 112 valence electrons. The predicted octanol–water partition coefficient (Wildman–Crippen LogP) is 4.83. The van der Waals surface area contributed by atoms with Gasteiger partial charge >= 0.3 is 0 Å². The van der Waals surface area contributed by atoms with Crippen molar-refractivity contribution < 1.29 is 0 Å². The lowest BCUT2D eigenvalue weighted by Crippen LogP contribution is -2.24. The summed E-state index contributed by atoms with van der Waals surface area (Å²) in [5, 5.41) is 1.11. The van der Waals surface area contributed by atoms with Crippen LogP contribution in [-0.2, 0) is 0 Å². The van der Waals surface area contributed by atoms with Crippen molar-refractivity contribution in [1.82, 2.24) is 0 Å². The van der Waals surface area contributed by atoms with Gasteiger partial charge < -0.3 is 10.6 Å². The third-order valence-corrected chi connectivity index (χ3v) is 4.52. The highest BCUT2D eigenvalue weighted by Crippen LogP contribution is 2.30. The first-order valence-corrected chi connectivity index (χ1v) is 7.72. The molecule has 0 fully saturated rings. The molecular formula is C17H20Cl2N2. The molecule has 1 unspecified atom stereocenters. The van der Waals surface area contributed by atoms with Gasteiger partial charge in [-0.25, -0.2) is 0 Å². The van der Waals surface area contributed by atoms with E-state index >= 15 is 0 Å².